The molecule has 0 bridgehead atoms. The Morgan fingerprint density at radius 3 is 3.00 bits per heavy atom. The molecular formula is C16H24N2O. The van der Waals surface area contributed by atoms with Crippen LogP contribution in [-0.4, -0.2) is 36.7 Å². The minimum Gasteiger partial charge on any atom is -0.494 e. The third-order valence-corrected chi connectivity index (χ3v) is 4.09. The van der Waals surface area contributed by atoms with Gasteiger partial charge in [0.05, 0.1) is 6.61 Å². The van der Waals surface area contributed by atoms with E-state index < -0.39 is 0 Å². The molecule has 0 aromatic heterocycles. The fourth-order valence-corrected chi connectivity index (χ4v) is 2.90. The second kappa shape index (κ2) is 5.93. The molecule has 3 rings (SSSR count). The average Bonchev–Trinajstić information content (AvgIpc) is 3.17. The minimum absolute atomic E-state index is 0.663. The van der Waals surface area contributed by atoms with E-state index in [1.54, 1.807) is 0 Å². The molecule has 2 fully saturated rings. The maximum Gasteiger partial charge on any atom is 0.119 e. The molecule has 2 aliphatic rings. The topological polar surface area (TPSA) is 24.5 Å². The molecule has 1 atom stereocenters. The maximum absolute atomic E-state index is 5.54. The van der Waals surface area contributed by atoms with E-state index in [4.69, 9.17) is 4.74 Å². The summed E-state index contributed by atoms with van der Waals surface area (Å²) in [6.07, 6.45) is 4.13. The Hall–Kier alpha value is -1.06. The molecule has 0 radical (unpaired) electrons. The fraction of sp³-hybridized carbons (Fsp3) is 0.625. The second-order valence-electron chi connectivity index (χ2n) is 5.67. The van der Waals surface area contributed by atoms with Crippen LogP contribution in [0.4, 0.5) is 0 Å². The highest BCUT2D eigenvalue weighted by atomic mass is 16.5. The molecule has 1 saturated carbocycles. The predicted molar refractivity (Wildman–Crippen MR) is 77.5 cm³/mol. The Kier molecular flexibility index (Phi) is 4.04. The first-order valence-electron chi connectivity index (χ1n) is 7.54. The Bertz CT molecular complexity index is 417. The number of hydrogen-bond acceptors (Lipinski definition) is 3. The van der Waals surface area contributed by atoms with Crippen LogP contribution in [-0.2, 0) is 6.54 Å². The van der Waals surface area contributed by atoms with E-state index in [0.29, 0.717) is 6.04 Å². The van der Waals surface area contributed by atoms with Crippen molar-refractivity contribution in [2.24, 2.45) is 0 Å². The number of nitrogens with zero attached hydrogens (tertiary/aromatic N) is 1. The molecule has 1 aliphatic heterocycles. The van der Waals surface area contributed by atoms with Gasteiger partial charge in [0.15, 0.2) is 0 Å². The monoisotopic (exact) mass is 260 g/mol. The van der Waals surface area contributed by atoms with E-state index in [1.807, 2.05) is 13.0 Å². The van der Waals surface area contributed by atoms with Gasteiger partial charge in [-0.2, -0.15) is 0 Å². The number of nitrogens with one attached hydrogen (secondary N) is 1. The molecule has 0 amide bonds. The van der Waals surface area contributed by atoms with Gasteiger partial charge in [-0.25, -0.2) is 0 Å². The van der Waals surface area contributed by atoms with E-state index in [2.05, 4.69) is 28.4 Å². The molecule has 1 aromatic carbocycles. The molecule has 1 saturated heterocycles. The summed E-state index contributed by atoms with van der Waals surface area (Å²) in [6.45, 7) is 6.22. The number of rotatable bonds is 6. The highest BCUT2D eigenvalue weighted by molar-refractivity contribution is 5.28. The Labute approximate surface area is 115 Å². The third kappa shape index (κ3) is 3.48. The van der Waals surface area contributed by atoms with Crippen molar-refractivity contribution in [3.63, 3.8) is 0 Å². The van der Waals surface area contributed by atoms with Crippen molar-refractivity contribution in [1.29, 1.82) is 0 Å². The lowest BCUT2D eigenvalue weighted by molar-refractivity contribution is 0.317. The summed E-state index contributed by atoms with van der Waals surface area (Å²) < 4.78 is 5.54. The van der Waals surface area contributed by atoms with Crippen molar-refractivity contribution >= 4 is 0 Å². The number of ether oxygens (including phenoxy) is 1. The van der Waals surface area contributed by atoms with Crippen LogP contribution in [0.1, 0.15) is 31.7 Å². The molecular weight excluding hydrogens is 236 g/mol. The second-order valence-corrected chi connectivity index (χ2v) is 5.67. The first kappa shape index (κ1) is 12.9. The lowest BCUT2D eigenvalue weighted by atomic mass is 10.2. The zero-order chi connectivity index (χ0) is 13.1. The largest absolute Gasteiger partial charge is 0.494 e. The number of benzene rings is 1. The zero-order valence-electron chi connectivity index (χ0n) is 11.8. The lowest BCUT2D eigenvalue weighted by Gasteiger charge is -2.16. The quantitative estimate of drug-likeness (QED) is 0.850. The van der Waals surface area contributed by atoms with Crippen molar-refractivity contribution in [3.05, 3.63) is 29.8 Å². The fourth-order valence-electron chi connectivity index (χ4n) is 2.90. The van der Waals surface area contributed by atoms with Crippen LogP contribution in [0.2, 0.25) is 0 Å². The standard InChI is InChI=1S/C16H24N2O/c1-2-19-16-5-3-4-13(10-16)11-17-14-8-9-18(12-14)15-6-7-15/h3-5,10,14-15,17H,2,6-9,11-12H2,1H3. The van der Waals surface area contributed by atoms with Gasteiger partial charge in [0.25, 0.3) is 0 Å². The Balaban J connectivity index is 1.47. The Morgan fingerprint density at radius 1 is 1.32 bits per heavy atom. The summed E-state index contributed by atoms with van der Waals surface area (Å²) in [4.78, 5) is 2.65. The van der Waals surface area contributed by atoms with Gasteiger partial charge in [-0.15, -0.1) is 0 Å². The van der Waals surface area contributed by atoms with Gasteiger partial charge in [0.2, 0.25) is 0 Å². The summed E-state index contributed by atoms with van der Waals surface area (Å²) in [5.74, 6) is 0.979. The highest BCUT2D eigenvalue weighted by Gasteiger charge is 2.33. The normalized spacial score (nSPS) is 23.7. The van der Waals surface area contributed by atoms with Gasteiger partial charge in [-0.3, -0.25) is 4.90 Å². The van der Waals surface area contributed by atoms with Crippen molar-refractivity contribution in [3.8, 4) is 5.75 Å². The molecule has 0 spiro atoms. The summed E-state index contributed by atoms with van der Waals surface area (Å²) in [5.41, 5.74) is 1.32. The molecule has 19 heavy (non-hydrogen) atoms. The summed E-state index contributed by atoms with van der Waals surface area (Å²) >= 11 is 0. The van der Waals surface area contributed by atoms with Crippen LogP contribution in [0.25, 0.3) is 0 Å². The molecule has 1 N–H and O–H groups in total. The van der Waals surface area contributed by atoms with Gasteiger partial charge < -0.3 is 10.1 Å². The summed E-state index contributed by atoms with van der Waals surface area (Å²) in [6, 6.07) is 9.99. The number of likely N-dealkylation sites (tertiary alicyclic amines) is 1. The molecule has 104 valence electrons. The van der Waals surface area contributed by atoms with Crippen molar-refractivity contribution in [1.82, 2.24) is 10.2 Å². The third-order valence-electron chi connectivity index (χ3n) is 4.09. The minimum atomic E-state index is 0.663. The van der Waals surface area contributed by atoms with Gasteiger partial charge in [0.1, 0.15) is 5.75 Å². The SMILES string of the molecule is CCOc1cccc(CNC2CCN(C3CC3)C2)c1. The van der Waals surface area contributed by atoms with Crippen LogP contribution in [0, 0.1) is 0 Å². The van der Waals surface area contributed by atoms with Crippen LogP contribution in [0.15, 0.2) is 24.3 Å². The van der Waals surface area contributed by atoms with E-state index in [1.165, 1.54) is 37.9 Å². The summed E-state index contributed by atoms with van der Waals surface area (Å²) in [5, 5.41) is 3.68. The molecule has 1 heterocycles. The smallest absolute Gasteiger partial charge is 0.119 e. The first-order chi connectivity index (χ1) is 9.35. The van der Waals surface area contributed by atoms with Crippen LogP contribution in [0.3, 0.4) is 0 Å². The molecule has 1 aromatic rings. The van der Waals surface area contributed by atoms with Crippen molar-refractivity contribution in [2.45, 2.75) is 44.8 Å². The van der Waals surface area contributed by atoms with Crippen LogP contribution >= 0.6 is 0 Å². The lowest BCUT2D eigenvalue weighted by Crippen LogP contribution is -2.32. The number of hydrogen-bond donors (Lipinski definition) is 1. The van der Waals surface area contributed by atoms with Crippen molar-refractivity contribution < 1.29 is 4.74 Å². The van der Waals surface area contributed by atoms with Crippen LogP contribution in [0.5, 0.6) is 5.75 Å². The predicted octanol–water partition coefficient (Wildman–Crippen LogP) is 2.41. The van der Waals surface area contributed by atoms with E-state index in [9.17, 15) is 0 Å². The van der Waals surface area contributed by atoms with E-state index >= 15 is 0 Å². The van der Waals surface area contributed by atoms with E-state index in [0.717, 1.165) is 24.9 Å². The average molecular weight is 260 g/mol. The Morgan fingerprint density at radius 2 is 2.21 bits per heavy atom. The first-order valence-corrected chi connectivity index (χ1v) is 7.54. The molecule has 1 unspecified atom stereocenters. The molecule has 3 nitrogen and oxygen atoms in total. The maximum atomic E-state index is 5.54. The van der Waals surface area contributed by atoms with E-state index in [-0.39, 0.29) is 0 Å². The molecule has 3 heteroatoms. The van der Waals surface area contributed by atoms with Gasteiger partial charge in [-0.05, 0) is 43.9 Å². The summed E-state index contributed by atoms with van der Waals surface area (Å²) in [7, 11) is 0. The zero-order valence-corrected chi connectivity index (χ0v) is 11.8. The van der Waals surface area contributed by atoms with Crippen LogP contribution < -0.4 is 10.1 Å². The molecule has 1 aliphatic carbocycles. The van der Waals surface area contributed by atoms with Crippen molar-refractivity contribution in [2.75, 3.05) is 19.7 Å². The van der Waals surface area contributed by atoms with Gasteiger partial charge in [-0.1, -0.05) is 12.1 Å². The van der Waals surface area contributed by atoms with Gasteiger partial charge in [0, 0.05) is 31.7 Å². The highest BCUT2D eigenvalue weighted by Crippen LogP contribution is 2.29. The van der Waals surface area contributed by atoms with Gasteiger partial charge >= 0.3 is 0 Å².